The molecule has 5 aliphatic carbocycles. The van der Waals surface area contributed by atoms with Gasteiger partial charge in [-0.15, -0.1) is 0 Å². The van der Waals surface area contributed by atoms with Crippen molar-refractivity contribution >= 4 is 14.8 Å². The lowest BCUT2D eigenvalue weighted by molar-refractivity contribution is -0.387. The van der Waals surface area contributed by atoms with Crippen LogP contribution < -0.4 is 0 Å². The van der Waals surface area contributed by atoms with E-state index in [1.54, 1.807) is 0 Å². The molecule has 0 amide bonds. The maximum atomic E-state index is 11.8. The van der Waals surface area contributed by atoms with Gasteiger partial charge in [0.25, 0.3) is 0 Å². The summed E-state index contributed by atoms with van der Waals surface area (Å²) in [6.45, 7) is 15.2. The summed E-state index contributed by atoms with van der Waals surface area (Å²) in [6.07, 6.45) is 13.8. The van der Waals surface area contributed by atoms with Crippen LogP contribution in [0.25, 0.3) is 0 Å². The molecule has 9 unspecified atom stereocenters. The molecule has 9 heteroatoms. The lowest BCUT2D eigenvalue weighted by atomic mass is 9.43. The number of ether oxygens (including phenoxy) is 4. The highest BCUT2D eigenvalue weighted by molar-refractivity contribution is 7.34. The van der Waals surface area contributed by atoms with E-state index < -0.39 is 5.97 Å². The first-order chi connectivity index (χ1) is 23.8. The Balaban J connectivity index is 0.858. The van der Waals surface area contributed by atoms with Crippen LogP contribution in [0.5, 0.6) is 0 Å². The third-order valence-electron chi connectivity index (χ3n) is 17.1. The molecule has 8 nitrogen and oxygen atoms in total. The summed E-state index contributed by atoms with van der Waals surface area (Å²) >= 11 is 0. The van der Waals surface area contributed by atoms with E-state index in [2.05, 4.69) is 41.5 Å². The van der Waals surface area contributed by atoms with Crippen LogP contribution >= 0.6 is 8.81 Å². The molecule has 9 fully saturated rings. The maximum absolute atomic E-state index is 11.8. The zero-order valence-corrected chi connectivity index (χ0v) is 32.7. The minimum Gasteiger partial charge on any atom is -0.481 e. The van der Waals surface area contributed by atoms with Gasteiger partial charge in [0.05, 0.1) is 25.4 Å². The fourth-order valence-corrected chi connectivity index (χ4v) is 15.7. The third-order valence-corrected chi connectivity index (χ3v) is 18.4. The van der Waals surface area contributed by atoms with Crippen molar-refractivity contribution in [2.75, 3.05) is 13.2 Å². The Morgan fingerprint density at radius 3 is 2.38 bits per heavy atom. The van der Waals surface area contributed by atoms with Crippen LogP contribution in [-0.2, 0) is 28.3 Å². The van der Waals surface area contributed by atoms with Gasteiger partial charge in [-0.3, -0.25) is 4.79 Å². The monoisotopic (exact) mass is 718 g/mol. The molecule has 0 aromatic carbocycles. The molecule has 1 spiro atoms. The molecular formula is C41H67O8P. The molecule has 0 radical (unpaired) electrons. The fraction of sp³-hybridized carbons (Fsp3) is 0.976. The van der Waals surface area contributed by atoms with Crippen LogP contribution in [0.15, 0.2) is 0 Å². The molecule has 9 aliphatic rings. The van der Waals surface area contributed by atoms with Gasteiger partial charge in [-0.2, -0.15) is 0 Å². The van der Waals surface area contributed by atoms with Gasteiger partial charge in [-0.05, 0) is 149 Å². The van der Waals surface area contributed by atoms with Gasteiger partial charge in [0, 0.05) is 27.1 Å². The average molecular weight is 719 g/mol. The van der Waals surface area contributed by atoms with Crippen LogP contribution in [0.2, 0.25) is 0 Å². The van der Waals surface area contributed by atoms with Gasteiger partial charge in [0.1, 0.15) is 10.9 Å². The molecule has 284 valence electrons. The van der Waals surface area contributed by atoms with Crippen molar-refractivity contribution in [3.05, 3.63) is 0 Å². The van der Waals surface area contributed by atoms with E-state index in [1.165, 1.54) is 32.1 Å². The molecule has 5 saturated carbocycles. The van der Waals surface area contributed by atoms with E-state index >= 15 is 0 Å². The molecule has 9 rings (SSSR count). The van der Waals surface area contributed by atoms with Gasteiger partial charge >= 0.3 is 5.97 Å². The van der Waals surface area contributed by atoms with Crippen molar-refractivity contribution < 1.29 is 38.5 Å². The summed E-state index contributed by atoms with van der Waals surface area (Å²) in [5.74, 6) is 4.24. The van der Waals surface area contributed by atoms with Gasteiger partial charge in [-0.1, -0.05) is 34.6 Å². The lowest BCUT2D eigenvalue weighted by Crippen LogP contribution is -2.68. The quantitative estimate of drug-likeness (QED) is 0.181. The van der Waals surface area contributed by atoms with Gasteiger partial charge in [-0.25, -0.2) is 0 Å². The Labute approximate surface area is 303 Å². The number of fused-ring (bicyclic) bond motifs is 7. The van der Waals surface area contributed by atoms with E-state index in [4.69, 9.17) is 23.5 Å². The summed E-state index contributed by atoms with van der Waals surface area (Å²) in [7, 11) is 0.367. The number of aliphatic carboxylic acids is 1. The predicted octanol–water partition coefficient (Wildman–Crippen LogP) is 8.39. The molecule has 2 bridgehead atoms. The largest absolute Gasteiger partial charge is 0.481 e. The second-order valence-corrected chi connectivity index (χ2v) is 20.9. The van der Waals surface area contributed by atoms with Crippen LogP contribution in [0, 0.1) is 70.0 Å². The molecule has 4 saturated heterocycles. The van der Waals surface area contributed by atoms with Gasteiger partial charge in [0.2, 0.25) is 0 Å². The molecule has 0 aromatic rings. The van der Waals surface area contributed by atoms with E-state index in [0.717, 1.165) is 51.4 Å². The first-order valence-corrected chi connectivity index (χ1v) is 21.6. The van der Waals surface area contributed by atoms with E-state index in [0.29, 0.717) is 69.4 Å². The Bertz CT molecular complexity index is 1270. The number of hydrogen-bond acceptors (Lipinski definition) is 7. The van der Waals surface area contributed by atoms with Crippen molar-refractivity contribution in [3.8, 4) is 0 Å². The molecule has 19 atom stereocenters. The van der Waals surface area contributed by atoms with Crippen molar-refractivity contribution in [1.29, 1.82) is 0 Å². The van der Waals surface area contributed by atoms with Crippen molar-refractivity contribution in [1.82, 2.24) is 0 Å². The van der Waals surface area contributed by atoms with Gasteiger partial charge in [0.15, 0.2) is 12.6 Å². The number of aliphatic hydroxyl groups excluding tert-OH is 1. The highest BCUT2D eigenvalue weighted by Gasteiger charge is 2.68. The molecule has 4 heterocycles. The Morgan fingerprint density at radius 1 is 0.860 bits per heavy atom. The number of carboxylic acid groups (broad SMARTS) is 1. The molecule has 2 N–H and O–H groups in total. The number of aliphatic hydroxyl groups is 1. The Kier molecular flexibility index (Phi) is 9.85. The topological polar surface area (TPSA) is 104 Å². The van der Waals surface area contributed by atoms with Crippen molar-refractivity contribution in [3.63, 3.8) is 0 Å². The summed E-state index contributed by atoms with van der Waals surface area (Å²) in [4.78, 5) is 11.3. The third kappa shape index (κ3) is 5.81. The maximum Gasteiger partial charge on any atom is 0.303 e. The number of rotatable bonds is 9. The molecule has 4 aliphatic heterocycles. The van der Waals surface area contributed by atoms with E-state index in [1.807, 2.05) is 0 Å². The second-order valence-electron chi connectivity index (χ2n) is 19.5. The van der Waals surface area contributed by atoms with E-state index in [-0.39, 0.29) is 64.8 Å². The lowest BCUT2D eigenvalue weighted by Gasteiger charge is -2.62. The minimum atomic E-state index is -0.675. The normalized spacial score (nSPS) is 55.0. The summed E-state index contributed by atoms with van der Waals surface area (Å²) < 4.78 is 33.3. The van der Waals surface area contributed by atoms with Crippen LogP contribution in [0.1, 0.15) is 131 Å². The summed E-state index contributed by atoms with van der Waals surface area (Å²) in [5.41, 5.74) is 0.0845. The zero-order chi connectivity index (χ0) is 35.2. The Morgan fingerprint density at radius 2 is 1.58 bits per heavy atom. The summed E-state index contributed by atoms with van der Waals surface area (Å²) in [6, 6.07) is 0. The van der Waals surface area contributed by atoms with Crippen LogP contribution in [-0.4, -0.2) is 65.1 Å². The fourth-order valence-electron chi connectivity index (χ4n) is 14.5. The minimum absolute atomic E-state index is 0.154. The van der Waals surface area contributed by atoms with E-state index in [9.17, 15) is 15.0 Å². The highest BCUT2D eigenvalue weighted by atomic mass is 31.1. The Hall–Kier alpha value is -0.340. The number of carbonyl (C=O) groups is 1. The molecule has 0 aromatic heterocycles. The first-order valence-electron chi connectivity index (χ1n) is 20.7. The molecular weight excluding hydrogens is 651 g/mol. The zero-order valence-electron chi connectivity index (χ0n) is 31.7. The first kappa shape index (κ1) is 36.6. The van der Waals surface area contributed by atoms with Gasteiger partial charge < -0.3 is 33.7 Å². The SMILES string of the molecule is C[C@H]1C(OCCO[C@@H]2CC[C@]3(C)C4CC[C@@]5(C)C(CC[C@@H]5[C@H](C)CCC(=O)O)C4C[C@H](O)C3C2)OC2O[C@]3(C)CCC4[C@H](C)CCC1[C@@]24OP3. The number of hydrogen-bond donors (Lipinski definition) is 2. The van der Waals surface area contributed by atoms with Crippen LogP contribution in [0.3, 0.4) is 0 Å². The standard InChI is InChI=1S/C41H67O8P/c1-23(8-12-35(43)44)28-10-11-31-27-22-34(42)33-21-26(13-16-39(33,5)32(27)14-17-38(28,31)4)45-19-20-46-36-25(3)30-9-7-24(2)29-15-18-40(6)48-37(47-36)41(29,30)49-50-40/h23-34,36-37,42,50H,7-22H2,1-6H3,(H,43,44)/t23-,24-,25-,26-,27?,28-,29?,30?,31?,32?,33?,34+,36?,37?,38-,39-,40+,41-/m1/s1. The van der Waals surface area contributed by atoms with Crippen molar-refractivity contribution in [2.45, 2.75) is 167 Å². The highest BCUT2D eigenvalue weighted by Crippen LogP contribution is 2.69. The predicted molar refractivity (Wildman–Crippen MR) is 192 cm³/mol. The summed E-state index contributed by atoms with van der Waals surface area (Å²) in [5, 5.41) is 20.9. The molecule has 50 heavy (non-hydrogen) atoms. The smallest absolute Gasteiger partial charge is 0.303 e. The average Bonchev–Trinajstić information content (AvgIpc) is 3.28. The second kappa shape index (κ2) is 13.4. The van der Waals surface area contributed by atoms with Crippen molar-refractivity contribution in [2.24, 2.45) is 70.0 Å². The van der Waals surface area contributed by atoms with Crippen LogP contribution in [0.4, 0.5) is 0 Å². The number of carboxylic acids is 1.